The van der Waals surface area contributed by atoms with Crippen LogP contribution in [0.15, 0.2) is 48.5 Å². The first-order valence-corrected chi connectivity index (χ1v) is 6.89. The number of carbonyl (C=O) groups is 1. The Labute approximate surface area is 118 Å². The van der Waals surface area contributed by atoms with Gasteiger partial charge in [-0.05, 0) is 54.0 Å². The molecular weight excluding hydrogens is 250 g/mol. The molecular formula is C17H17NO2. The molecule has 2 aromatic carbocycles. The Morgan fingerprint density at radius 3 is 2.65 bits per heavy atom. The van der Waals surface area contributed by atoms with Gasteiger partial charge in [0, 0.05) is 5.56 Å². The predicted octanol–water partition coefficient (Wildman–Crippen LogP) is 3.08. The lowest BCUT2D eigenvalue weighted by Gasteiger charge is -2.25. The smallest absolute Gasteiger partial charge is 0.274 e. The van der Waals surface area contributed by atoms with Gasteiger partial charge in [-0.2, -0.15) is 0 Å². The molecule has 0 radical (unpaired) electrons. The fourth-order valence-electron chi connectivity index (χ4n) is 2.97. The standard InChI is InChI=1S/C17H17NO2/c19-17(18-20)15-9-7-13-6-8-14(10-16(13)11-15)12-4-2-1-3-5-12/h1-5,7,9,11,14,20H,6,8,10H2,(H,18,19). The van der Waals surface area contributed by atoms with Crippen LogP contribution >= 0.6 is 0 Å². The molecule has 20 heavy (non-hydrogen) atoms. The molecule has 3 rings (SSSR count). The van der Waals surface area contributed by atoms with E-state index in [-0.39, 0.29) is 0 Å². The van der Waals surface area contributed by atoms with Gasteiger partial charge >= 0.3 is 0 Å². The minimum atomic E-state index is -0.449. The molecule has 102 valence electrons. The maximum Gasteiger partial charge on any atom is 0.274 e. The van der Waals surface area contributed by atoms with Crippen molar-refractivity contribution < 1.29 is 10.0 Å². The molecule has 1 atom stereocenters. The van der Waals surface area contributed by atoms with Crippen LogP contribution in [0.1, 0.15) is 39.4 Å². The topological polar surface area (TPSA) is 49.3 Å². The first-order valence-electron chi connectivity index (χ1n) is 6.89. The largest absolute Gasteiger partial charge is 0.288 e. The van der Waals surface area contributed by atoms with Gasteiger partial charge in [0.25, 0.3) is 5.91 Å². The van der Waals surface area contributed by atoms with E-state index in [1.807, 2.05) is 18.2 Å². The number of rotatable bonds is 2. The number of hydrogen-bond acceptors (Lipinski definition) is 2. The molecule has 3 nitrogen and oxygen atoms in total. The number of aryl methyl sites for hydroxylation is 1. The van der Waals surface area contributed by atoms with Crippen molar-refractivity contribution in [3.05, 3.63) is 70.8 Å². The molecule has 0 spiro atoms. The molecule has 1 aliphatic carbocycles. The molecule has 0 saturated heterocycles. The summed E-state index contributed by atoms with van der Waals surface area (Å²) in [5.74, 6) is 0.0609. The Balaban J connectivity index is 1.88. The second-order valence-corrected chi connectivity index (χ2v) is 5.27. The fraction of sp³-hybridized carbons (Fsp3) is 0.235. The number of fused-ring (bicyclic) bond motifs is 1. The summed E-state index contributed by atoms with van der Waals surface area (Å²) in [6.07, 6.45) is 3.13. The Bertz CT molecular complexity index is 622. The zero-order valence-corrected chi connectivity index (χ0v) is 11.2. The zero-order valence-electron chi connectivity index (χ0n) is 11.2. The molecule has 0 aliphatic heterocycles. The quantitative estimate of drug-likeness (QED) is 0.649. The van der Waals surface area contributed by atoms with Crippen molar-refractivity contribution in [2.45, 2.75) is 25.2 Å². The van der Waals surface area contributed by atoms with Crippen LogP contribution in [0.25, 0.3) is 0 Å². The number of benzene rings is 2. The number of hydroxylamine groups is 1. The molecule has 0 heterocycles. The Kier molecular flexibility index (Phi) is 3.52. The van der Waals surface area contributed by atoms with Crippen molar-refractivity contribution in [1.29, 1.82) is 0 Å². The maximum absolute atomic E-state index is 11.5. The molecule has 3 heteroatoms. The summed E-state index contributed by atoms with van der Waals surface area (Å²) >= 11 is 0. The molecule has 1 aliphatic rings. The van der Waals surface area contributed by atoms with E-state index in [0.29, 0.717) is 11.5 Å². The van der Waals surface area contributed by atoms with Gasteiger partial charge in [-0.1, -0.05) is 36.4 Å². The minimum absolute atomic E-state index is 0.449. The van der Waals surface area contributed by atoms with Crippen LogP contribution in [0.2, 0.25) is 0 Å². The van der Waals surface area contributed by atoms with Crippen molar-refractivity contribution in [2.75, 3.05) is 0 Å². The summed E-state index contributed by atoms with van der Waals surface area (Å²) in [6.45, 7) is 0. The highest BCUT2D eigenvalue weighted by atomic mass is 16.5. The van der Waals surface area contributed by atoms with E-state index in [0.717, 1.165) is 19.3 Å². The first kappa shape index (κ1) is 12.9. The van der Waals surface area contributed by atoms with Crippen LogP contribution in [-0.4, -0.2) is 11.1 Å². The van der Waals surface area contributed by atoms with Crippen LogP contribution in [0.5, 0.6) is 0 Å². The predicted molar refractivity (Wildman–Crippen MR) is 76.9 cm³/mol. The second-order valence-electron chi connectivity index (χ2n) is 5.27. The van der Waals surface area contributed by atoms with Gasteiger partial charge in [0.1, 0.15) is 0 Å². The third kappa shape index (κ3) is 2.45. The van der Waals surface area contributed by atoms with E-state index in [9.17, 15) is 4.79 Å². The van der Waals surface area contributed by atoms with Crippen molar-refractivity contribution in [1.82, 2.24) is 5.48 Å². The van der Waals surface area contributed by atoms with Crippen LogP contribution in [0.4, 0.5) is 0 Å². The molecule has 2 aromatic rings. The molecule has 0 aromatic heterocycles. The van der Waals surface area contributed by atoms with Gasteiger partial charge in [0.2, 0.25) is 0 Å². The van der Waals surface area contributed by atoms with Crippen LogP contribution in [0, 0.1) is 0 Å². The molecule has 0 bridgehead atoms. The van der Waals surface area contributed by atoms with Crippen molar-refractivity contribution >= 4 is 5.91 Å². The van der Waals surface area contributed by atoms with Crippen molar-refractivity contribution in [3.8, 4) is 0 Å². The Morgan fingerprint density at radius 1 is 1.10 bits per heavy atom. The fourth-order valence-corrected chi connectivity index (χ4v) is 2.97. The van der Waals surface area contributed by atoms with Gasteiger partial charge in [0.05, 0.1) is 0 Å². The van der Waals surface area contributed by atoms with Crippen LogP contribution in [0.3, 0.4) is 0 Å². The Hall–Kier alpha value is -2.13. The maximum atomic E-state index is 11.5. The highest BCUT2D eigenvalue weighted by Gasteiger charge is 2.21. The third-order valence-electron chi connectivity index (χ3n) is 4.07. The first-order chi connectivity index (χ1) is 9.78. The molecule has 0 saturated carbocycles. The highest BCUT2D eigenvalue weighted by molar-refractivity contribution is 5.93. The lowest BCUT2D eigenvalue weighted by molar-refractivity contribution is 0.0706. The lowest BCUT2D eigenvalue weighted by atomic mass is 9.80. The van der Waals surface area contributed by atoms with Gasteiger partial charge in [-0.15, -0.1) is 0 Å². The zero-order chi connectivity index (χ0) is 13.9. The van der Waals surface area contributed by atoms with E-state index >= 15 is 0 Å². The molecule has 1 unspecified atom stereocenters. The summed E-state index contributed by atoms with van der Waals surface area (Å²) < 4.78 is 0. The van der Waals surface area contributed by atoms with Crippen molar-refractivity contribution in [3.63, 3.8) is 0 Å². The number of nitrogens with one attached hydrogen (secondary N) is 1. The summed E-state index contributed by atoms with van der Waals surface area (Å²) in [7, 11) is 0. The average molecular weight is 267 g/mol. The van der Waals surface area contributed by atoms with Crippen molar-refractivity contribution in [2.24, 2.45) is 0 Å². The van der Waals surface area contributed by atoms with Crippen LogP contribution < -0.4 is 5.48 Å². The number of carbonyl (C=O) groups excluding carboxylic acids is 1. The third-order valence-corrected chi connectivity index (χ3v) is 4.07. The van der Waals surface area contributed by atoms with Gasteiger partial charge in [-0.25, -0.2) is 5.48 Å². The van der Waals surface area contributed by atoms with Crippen LogP contribution in [-0.2, 0) is 12.8 Å². The van der Waals surface area contributed by atoms with Gasteiger partial charge in [-0.3, -0.25) is 10.0 Å². The SMILES string of the molecule is O=C(NO)c1ccc2c(c1)CC(c1ccccc1)CC2. The molecule has 0 fully saturated rings. The normalized spacial score (nSPS) is 17.4. The van der Waals surface area contributed by atoms with Gasteiger partial charge in [0.15, 0.2) is 0 Å². The number of amides is 1. The summed E-state index contributed by atoms with van der Waals surface area (Å²) in [5.41, 5.74) is 6.09. The number of hydrogen-bond donors (Lipinski definition) is 2. The van der Waals surface area contributed by atoms with Gasteiger partial charge < -0.3 is 0 Å². The average Bonchev–Trinajstić information content (AvgIpc) is 2.54. The second kappa shape index (κ2) is 5.47. The lowest BCUT2D eigenvalue weighted by Crippen LogP contribution is -2.20. The highest BCUT2D eigenvalue weighted by Crippen LogP contribution is 2.32. The summed E-state index contributed by atoms with van der Waals surface area (Å²) in [5, 5.41) is 8.72. The van der Waals surface area contributed by atoms with E-state index in [1.165, 1.54) is 16.7 Å². The minimum Gasteiger partial charge on any atom is -0.288 e. The van der Waals surface area contributed by atoms with E-state index < -0.39 is 5.91 Å². The van der Waals surface area contributed by atoms with E-state index in [4.69, 9.17) is 5.21 Å². The summed E-state index contributed by atoms with van der Waals surface area (Å²) in [6, 6.07) is 16.2. The monoisotopic (exact) mass is 267 g/mol. The molecule has 2 N–H and O–H groups in total. The van der Waals surface area contributed by atoms with E-state index in [2.05, 4.69) is 24.3 Å². The summed E-state index contributed by atoms with van der Waals surface area (Å²) in [4.78, 5) is 11.5. The molecule has 1 amide bonds. The Morgan fingerprint density at radius 2 is 1.90 bits per heavy atom. The van der Waals surface area contributed by atoms with E-state index in [1.54, 1.807) is 11.5 Å².